The average molecular weight is 1050 g/mol. The Kier molecular flexibility index (Phi) is 15.8. The van der Waals surface area contributed by atoms with Crippen molar-refractivity contribution in [3.63, 3.8) is 0 Å². The number of allylic oxidation sites excluding steroid dienone is 1. The number of hydrogen-bond donors (Lipinski definition) is 2. The summed E-state index contributed by atoms with van der Waals surface area (Å²) in [4.78, 5) is 45.3. The predicted molar refractivity (Wildman–Crippen MR) is 284 cm³/mol. The molecule has 0 radical (unpaired) electrons. The van der Waals surface area contributed by atoms with E-state index in [9.17, 15) is 30.4 Å². The summed E-state index contributed by atoms with van der Waals surface area (Å²) in [5.74, 6) is -0.274. The van der Waals surface area contributed by atoms with Crippen molar-refractivity contribution in [2.75, 3.05) is 26.6 Å². The van der Waals surface area contributed by atoms with Gasteiger partial charge in [0, 0.05) is 61.9 Å². The molecule has 2 N–H and O–H groups in total. The summed E-state index contributed by atoms with van der Waals surface area (Å²) in [6, 6.07) is 35.2. The molecule has 0 unspecified atom stereocenters. The molecule has 6 atom stereocenters. The molecule has 0 aromatic heterocycles. The van der Waals surface area contributed by atoms with Crippen LogP contribution in [0, 0.1) is 38.0 Å². The van der Waals surface area contributed by atoms with E-state index < -0.39 is 39.6 Å². The molecule has 10 rings (SSSR count). The van der Waals surface area contributed by atoms with E-state index in [4.69, 9.17) is 38.4 Å². The van der Waals surface area contributed by atoms with Crippen LogP contribution in [-0.4, -0.2) is 75.2 Å². The third kappa shape index (κ3) is 11.2. The number of ether oxygens (including phenoxy) is 6. The zero-order valence-electron chi connectivity index (χ0n) is 42.1. The molecular formula is C59H58N4O14. The van der Waals surface area contributed by atoms with Gasteiger partial charge >= 0.3 is 6.09 Å². The van der Waals surface area contributed by atoms with Gasteiger partial charge in [-0.3, -0.25) is 25.1 Å². The molecule has 0 saturated heterocycles. The lowest BCUT2D eigenvalue weighted by Crippen LogP contribution is -2.70. The van der Waals surface area contributed by atoms with Gasteiger partial charge in [0.05, 0.1) is 28.1 Å². The minimum Gasteiger partial charge on any atom is -0.459 e. The molecule has 6 aromatic rings. The van der Waals surface area contributed by atoms with E-state index in [1.54, 1.807) is 30.3 Å². The molecule has 2 heterocycles. The first-order chi connectivity index (χ1) is 37.5. The van der Waals surface area contributed by atoms with Gasteiger partial charge in [0.15, 0.2) is 11.5 Å². The minimum atomic E-state index is -1.70. The van der Waals surface area contributed by atoms with Crippen LogP contribution in [0.25, 0.3) is 10.8 Å². The summed E-state index contributed by atoms with van der Waals surface area (Å²) in [5.41, 5.74) is 3.09. The molecule has 18 nitrogen and oxygen atoms in total. The van der Waals surface area contributed by atoms with Gasteiger partial charge in [-0.25, -0.2) is 4.79 Å². The topological polar surface area (TPSA) is 224 Å². The van der Waals surface area contributed by atoms with Crippen molar-refractivity contribution in [1.82, 2.24) is 4.90 Å². The van der Waals surface area contributed by atoms with Crippen LogP contribution in [0.5, 0.6) is 34.5 Å². The van der Waals surface area contributed by atoms with Gasteiger partial charge in [-0.2, -0.15) is 0 Å². The molecular weight excluding hydrogens is 989 g/mol. The fourth-order valence-electron chi connectivity index (χ4n) is 11.3. The molecule has 77 heavy (non-hydrogen) atoms. The number of unbranched alkanes of at least 4 members (excludes halogenated alkanes) is 2. The van der Waals surface area contributed by atoms with Gasteiger partial charge < -0.3 is 43.5 Å². The van der Waals surface area contributed by atoms with E-state index in [-0.39, 0.29) is 75.1 Å². The Labute approximate surface area is 444 Å². The number of amides is 1. The fraction of sp³-hybridized carbons (Fsp3) is 0.322. The van der Waals surface area contributed by atoms with Crippen molar-refractivity contribution in [2.24, 2.45) is 22.9 Å². The van der Waals surface area contributed by atoms with Crippen molar-refractivity contribution >= 4 is 34.0 Å². The number of fused-ring (bicyclic) bond motifs is 4. The molecule has 18 heteroatoms. The number of hydrogen-bond acceptors (Lipinski definition) is 15. The highest BCUT2D eigenvalue weighted by Crippen LogP contribution is 2.62. The minimum absolute atomic E-state index is 0.00355. The standard InChI is InChI=1S/C59H58N4O14/c1-2-29-73-59-55(61(35-39-15-25-53-54(30-39)72-37-71-53)58(66)76-45-22-19-44(20-23-45)63(69)70)34-51(60-74-36-38-13-17-43(18-14-38)62(67)68)49-32-42(11-5-7-27-64)48(12-6-8-28-65)56(57(49)59)50-33-47(24-26-52(50)77-59)75-46-21-16-40-9-3-4-10-41(40)31-46/h2-4,9-10,13-26,30-33,42,48,55-57,64-65H,1,5-8,11-12,27-29,34-37H2/t42-,48+,55-,56+,57+,59+/m0/s1. The lowest BCUT2D eigenvalue weighted by molar-refractivity contribution is -0.385. The zero-order valence-corrected chi connectivity index (χ0v) is 42.1. The molecule has 1 saturated carbocycles. The number of aliphatic hydroxyl groups excluding tert-OH is 2. The SMILES string of the molecule is C=CCO[C@@]12Oc3ccc(Oc4ccc5ccccc5c4)cc3[C@H]3[C@H](CCCCO)[C@@H](CCCCO)C=C(C(=NOCc4ccc([N+](=O)[O-])cc4)C[C@@H]1N(Cc1ccc4c(c1)OCO4)C(=O)Oc1ccc([N+](=O)[O-])cc1)[C@H]32. The summed E-state index contributed by atoms with van der Waals surface area (Å²) in [5, 5.41) is 50.4. The van der Waals surface area contributed by atoms with Gasteiger partial charge in [-0.05, 0) is 132 Å². The Morgan fingerprint density at radius 1 is 0.766 bits per heavy atom. The molecule has 398 valence electrons. The van der Waals surface area contributed by atoms with E-state index in [1.807, 2.05) is 66.7 Å². The largest absolute Gasteiger partial charge is 0.459 e. The second-order valence-electron chi connectivity index (χ2n) is 19.5. The van der Waals surface area contributed by atoms with Crippen molar-refractivity contribution in [3.05, 3.63) is 189 Å². The Morgan fingerprint density at radius 2 is 1.43 bits per heavy atom. The summed E-state index contributed by atoms with van der Waals surface area (Å²) in [6.07, 6.45) is 6.94. The maximum absolute atomic E-state index is 15.4. The number of nitro benzene ring substituents is 2. The highest BCUT2D eigenvalue weighted by molar-refractivity contribution is 6.03. The molecule has 1 fully saturated rings. The fourth-order valence-corrected chi connectivity index (χ4v) is 11.3. The number of nitrogens with zero attached hydrogens (tertiary/aromatic N) is 4. The zero-order chi connectivity index (χ0) is 53.5. The van der Waals surface area contributed by atoms with Crippen molar-refractivity contribution < 1.29 is 58.1 Å². The molecule has 2 aliphatic carbocycles. The normalized spacial score (nSPS) is 21.2. The van der Waals surface area contributed by atoms with Crippen LogP contribution in [0.1, 0.15) is 67.6 Å². The van der Waals surface area contributed by atoms with E-state index in [0.717, 1.165) is 28.3 Å². The number of non-ortho nitro benzene ring substituents is 2. The van der Waals surface area contributed by atoms with Crippen molar-refractivity contribution in [1.29, 1.82) is 0 Å². The number of carbonyl (C=O) groups excluding carboxylic acids is 1. The average Bonchev–Trinajstić information content (AvgIpc) is 4.04. The van der Waals surface area contributed by atoms with Gasteiger partial charge in [-0.15, -0.1) is 6.58 Å². The smallest absolute Gasteiger partial charge is 0.416 e. The Bertz CT molecular complexity index is 3200. The summed E-state index contributed by atoms with van der Waals surface area (Å²) in [6.45, 7) is 3.95. The molecule has 4 aliphatic rings. The summed E-state index contributed by atoms with van der Waals surface area (Å²) >= 11 is 0. The molecule has 6 aromatic carbocycles. The maximum atomic E-state index is 15.4. The van der Waals surface area contributed by atoms with E-state index in [1.165, 1.54) is 41.3 Å². The Balaban J connectivity index is 1.16. The monoisotopic (exact) mass is 1050 g/mol. The number of nitro groups is 2. The molecule has 1 amide bonds. The Morgan fingerprint density at radius 3 is 2.17 bits per heavy atom. The number of benzene rings is 6. The number of aliphatic hydroxyl groups is 2. The highest BCUT2D eigenvalue weighted by atomic mass is 16.7. The lowest BCUT2D eigenvalue weighted by Gasteiger charge is -2.59. The van der Waals surface area contributed by atoms with Crippen LogP contribution < -0.4 is 23.7 Å². The highest BCUT2D eigenvalue weighted by Gasteiger charge is 2.66. The third-order valence-corrected chi connectivity index (χ3v) is 14.8. The van der Waals surface area contributed by atoms with Crippen LogP contribution in [-0.2, 0) is 22.7 Å². The number of rotatable bonds is 22. The summed E-state index contributed by atoms with van der Waals surface area (Å²) < 4.78 is 38.9. The van der Waals surface area contributed by atoms with Gasteiger partial charge in [-0.1, -0.05) is 66.5 Å². The summed E-state index contributed by atoms with van der Waals surface area (Å²) in [7, 11) is 0. The van der Waals surface area contributed by atoms with Crippen molar-refractivity contribution in [3.8, 4) is 34.5 Å². The molecule has 0 bridgehead atoms. The van der Waals surface area contributed by atoms with E-state index in [2.05, 4.69) is 12.7 Å². The maximum Gasteiger partial charge on any atom is 0.416 e. The quantitative estimate of drug-likeness (QED) is 0.0279. The number of oxime groups is 1. The number of carbonyl (C=O) groups is 1. The second-order valence-corrected chi connectivity index (χ2v) is 19.5. The van der Waals surface area contributed by atoms with Crippen molar-refractivity contribution in [2.45, 2.75) is 75.8 Å². The first-order valence-electron chi connectivity index (χ1n) is 25.8. The Hall–Kier alpha value is -8.32. The van der Waals surface area contributed by atoms with E-state index >= 15 is 4.79 Å². The van der Waals surface area contributed by atoms with Crippen LogP contribution in [0.3, 0.4) is 0 Å². The first-order valence-corrected chi connectivity index (χ1v) is 25.8. The molecule has 0 spiro atoms. The molecule has 2 aliphatic heterocycles. The lowest BCUT2D eigenvalue weighted by atomic mass is 9.55. The predicted octanol–water partition coefficient (Wildman–Crippen LogP) is 11.7. The third-order valence-electron chi connectivity index (χ3n) is 14.8. The van der Waals surface area contributed by atoms with Gasteiger partial charge in [0.25, 0.3) is 11.4 Å². The second kappa shape index (κ2) is 23.3. The van der Waals surface area contributed by atoms with Crippen LogP contribution in [0.2, 0.25) is 0 Å². The van der Waals surface area contributed by atoms with Gasteiger partial charge in [0.2, 0.25) is 12.6 Å². The van der Waals surface area contributed by atoms with Crippen LogP contribution in [0.15, 0.2) is 157 Å². The first kappa shape index (κ1) is 52.1. The van der Waals surface area contributed by atoms with Crippen LogP contribution in [0.4, 0.5) is 16.2 Å². The van der Waals surface area contributed by atoms with E-state index in [0.29, 0.717) is 77.7 Å². The van der Waals surface area contributed by atoms with Gasteiger partial charge in [0.1, 0.15) is 35.6 Å². The van der Waals surface area contributed by atoms with Crippen LogP contribution >= 0.6 is 0 Å².